The van der Waals surface area contributed by atoms with Crippen molar-refractivity contribution in [3.05, 3.63) is 246 Å². The highest BCUT2D eigenvalue weighted by Gasteiger charge is 2.21. The summed E-state index contributed by atoms with van der Waals surface area (Å²) in [7, 11) is 0. The predicted molar refractivity (Wildman–Crippen MR) is 498 cm³/mol. The molecule has 7 aromatic carbocycles. The van der Waals surface area contributed by atoms with E-state index in [1.807, 2.05) is 0 Å². The zero-order chi connectivity index (χ0) is 81.0. The summed E-state index contributed by atoms with van der Waals surface area (Å²) >= 11 is 0. The van der Waals surface area contributed by atoms with E-state index in [9.17, 15) is 0 Å². The van der Waals surface area contributed by atoms with E-state index in [1.165, 1.54) is 265 Å². The molecule has 6 unspecified atom stereocenters. The molecule has 114 heavy (non-hydrogen) atoms. The van der Waals surface area contributed by atoms with E-state index >= 15 is 0 Å². The largest absolute Gasteiger partial charge is 0.0654 e. The lowest BCUT2D eigenvalue weighted by molar-refractivity contribution is 0.450. The molecular formula is C114H150. The van der Waals surface area contributed by atoms with E-state index < -0.39 is 0 Å². The predicted octanol–water partition coefficient (Wildman–Crippen LogP) is 31.3. The summed E-state index contributed by atoms with van der Waals surface area (Å²) in [6, 6.07) is 54.0. The van der Waals surface area contributed by atoms with Gasteiger partial charge < -0.3 is 0 Å². The Morgan fingerprint density at radius 2 is 0.281 bits per heavy atom. The third-order valence-electron chi connectivity index (χ3n) is 24.0. The van der Waals surface area contributed by atoms with Gasteiger partial charge in [-0.05, 0) is 219 Å². The van der Waals surface area contributed by atoms with E-state index in [-0.39, 0.29) is 0 Å². The first-order valence-electron chi connectivity index (χ1n) is 46.7. The fourth-order valence-electron chi connectivity index (χ4n) is 16.1. The second kappa shape index (κ2) is 56.2. The summed E-state index contributed by atoms with van der Waals surface area (Å²) in [5, 5.41) is 0. The molecule has 0 N–H and O–H groups in total. The van der Waals surface area contributed by atoms with Gasteiger partial charge in [0.15, 0.2) is 0 Å². The fraction of sp³-hybridized carbons (Fsp3) is 0.526. The van der Waals surface area contributed by atoms with Gasteiger partial charge >= 0.3 is 0 Å². The van der Waals surface area contributed by atoms with Crippen molar-refractivity contribution in [1.29, 1.82) is 0 Å². The van der Waals surface area contributed by atoms with Crippen LogP contribution >= 0.6 is 0 Å². The Morgan fingerprint density at radius 3 is 0.404 bits per heavy atom. The summed E-state index contributed by atoms with van der Waals surface area (Å²) in [4.78, 5) is 0. The molecule has 6 atom stereocenters. The van der Waals surface area contributed by atoms with Crippen molar-refractivity contribution >= 4 is 0 Å². The van der Waals surface area contributed by atoms with Crippen LogP contribution in [-0.4, -0.2) is 0 Å². The molecule has 0 amide bonds. The van der Waals surface area contributed by atoms with Gasteiger partial charge in [-0.3, -0.25) is 0 Å². The second-order valence-electron chi connectivity index (χ2n) is 34.9. The molecular weight excluding hydrogens is 1370 g/mol. The first-order valence-corrected chi connectivity index (χ1v) is 46.7. The van der Waals surface area contributed by atoms with Crippen LogP contribution in [0.25, 0.3) is 0 Å². The van der Waals surface area contributed by atoms with E-state index in [4.69, 9.17) is 0 Å². The highest BCUT2D eigenvalue weighted by Crippen LogP contribution is 2.31. The minimum atomic E-state index is 0.715. The number of benzene rings is 7. The zero-order valence-corrected chi connectivity index (χ0v) is 74.0. The number of hydrogen-bond donors (Lipinski definition) is 0. The van der Waals surface area contributed by atoms with Gasteiger partial charge in [0.25, 0.3) is 0 Å². The van der Waals surface area contributed by atoms with Crippen molar-refractivity contribution < 1.29 is 0 Å². The molecule has 0 saturated carbocycles. The highest BCUT2D eigenvalue weighted by molar-refractivity contribution is 5.78. The molecule has 0 fully saturated rings. The van der Waals surface area contributed by atoms with Gasteiger partial charge in [0.1, 0.15) is 0 Å². The first-order chi connectivity index (χ1) is 55.8. The monoisotopic (exact) mass is 1520 g/mol. The maximum Gasteiger partial charge on any atom is 0.0588 e. The molecule has 0 heteroatoms. The minimum absolute atomic E-state index is 0.715. The molecule has 0 spiro atoms. The van der Waals surface area contributed by atoms with Gasteiger partial charge in [0, 0.05) is 33.4 Å². The standard InChI is InChI=1S/C114H150/c1-13-19-25-37-91(7)43-31-49-97-55-67-103(68-56-97)79-85-109-110(86-80-104-69-57-98(58-70-104)50-32-44-92(8)38-26-20-14-2)112(88-82-106-73-61-100(62-74-106)52-34-46-94(10)40-28-22-16-4)114(90-84-108-77-65-102(66-78-108)54-36-48-96(12)42-30-24-18-6)113(89-83-107-75-63-101(64-76-107)53-35-47-95(11)41-29-23-17-5)111(109)87-81-105-71-59-99(60-72-105)51-33-45-93(9)39-27-21-15-3/h55-78,91-96H,13-54H2,1-12H3. The zero-order valence-electron chi connectivity index (χ0n) is 74.0. The number of rotatable bonds is 48. The Morgan fingerprint density at radius 1 is 0.158 bits per heavy atom. The van der Waals surface area contributed by atoms with Gasteiger partial charge in [0.2, 0.25) is 0 Å². The van der Waals surface area contributed by atoms with Gasteiger partial charge in [-0.2, -0.15) is 0 Å². The third kappa shape index (κ3) is 37.2. The average molecular weight is 1520 g/mol. The van der Waals surface area contributed by atoms with Crippen LogP contribution < -0.4 is 0 Å². The first kappa shape index (κ1) is 93.1. The van der Waals surface area contributed by atoms with Crippen LogP contribution in [0.4, 0.5) is 0 Å². The SMILES string of the molecule is CCCCCC(C)CCCc1ccc(C#Cc2c(C#Cc3ccc(CCCC(C)CCCCC)cc3)c(C#Cc3ccc(CCCC(C)CCCCC)cc3)c(C#Cc3ccc(CCCC(C)CCCCC)cc3)c(C#Cc3ccc(CCCC(C)CCCCC)cc3)c2C#Cc2ccc(CCCC(C)CCCCC)cc2)cc1. The molecule has 7 aromatic rings. The molecule has 0 bridgehead atoms. The lowest BCUT2D eigenvalue weighted by Crippen LogP contribution is -2.05. The number of aryl methyl sites for hydroxylation is 6. The van der Waals surface area contributed by atoms with E-state index in [1.54, 1.807) is 0 Å². The Labute approximate surface area is 700 Å². The van der Waals surface area contributed by atoms with Crippen molar-refractivity contribution in [3.8, 4) is 71.0 Å². The molecule has 606 valence electrons. The maximum atomic E-state index is 3.87. The molecule has 0 aliphatic rings. The van der Waals surface area contributed by atoms with Crippen LogP contribution in [0.15, 0.2) is 146 Å². The van der Waals surface area contributed by atoms with Crippen LogP contribution in [-0.2, 0) is 38.5 Å². The Kier molecular flexibility index (Phi) is 45.9. The summed E-state index contributed by atoms with van der Waals surface area (Å²) in [6.07, 6.45) is 52.4. The lowest BCUT2D eigenvalue weighted by Gasteiger charge is -2.13. The van der Waals surface area contributed by atoms with E-state index in [0.29, 0.717) is 33.4 Å². The molecule has 0 aliphatic heterocycles. The van der Waals surface area contributed by atoms with Gasteiger partial charge in [0.05, 0.1) is 33.4 Å². The van der Waals surface area contributed by atoms with Crippen LogP contribution in [0, 0.1) is 107 Å². The quantitative estimate of drug-likeness (QED) is 0.0263. The van der Waals surface area contributed by atoms with Gasteiger partial charge in [-0.25, -0.2) is 0 Å². The van der Waals surface area contributed by atoms with E-state index in [0.717, 1.165) is 107 Å². The van der Waals surface area contributed by atoms with Crippen molar-refractivity contribution in [1.82, 2.24) is 0 Å². The molecule has 0 nitrogen and oxygen atoms in total. The Balaban J connectivity index is 1.48. The van der Waals surface area contributed by atoms with Gasteiger partial charge in [-0.15, -0.1) is 0 Å². The second-order valence-corrected chi connectivity index (χ2v) is 34.9. The normalized spacial score (nSPS) is 12.5. The fourth-order valence-corrected chi connectivity index (χ4v) is 16.1. The van der Waals surface area contributed by atoms with E-state index in [2.05, 4.69) is 300 Å². The Bertz CT molecular complexity index is 3470. The highest BCUT2D eigenvalue weighted by atomic mass is 14.2. The Hall–Kier alpha value is -8.10. The molecule has 0 aliphatic carbocycles. The van der Waals surface area contributed by atoms with Crippen molar-refractivity contribution in [2.24, 2.45) is 35.5 Å². The molecule has 0 aromatic heterocycles. The molecule has 0 saturated heterocycles. The van der Waals surface area contributed by atoms with Crippen molar-refractivity contribution in [3.63, 3.8) is 0 Å². The minimum Gasteiger partial charge on any atom is -0.0654 e. The molecule has 0 heterocycles. The van der Waals surface area contributed by atoms with Crippen molar-refractivity contribution in [2.45, 2.75) is 353 Å². The summed E-state index contributed by atoms with van der Waals surface area (Å²) in [5.41, 5.74) is 18.0. The smallest absolute Gasteiger partial charge is 0.0588 e. The van der Waals surface area contributed by atoms with Crippen LogP contribution in [0.3, 0.4) is 0 Å². The topological polar surface area (TPSA) is 0 Å². The summed E-state index contributed by atoms with van der Waals surface area (Å²) < 4.78 is 0. The van der Waals surface area contributed by atoms with Gasteiger partial charge in [-0.1, -0.05) is 420 Å². The maximum absolute atomic E-state index is 3.87. The van der Waals surface area contributed by atoms with Crippen molar-refractivity contribution in [2.75, 3.05) is 0 Å². The van der Waals surface area contributed by atoms with Crippen LogP contribution in [0.2, 0.25) is 0 Å². The average Bonchev–Trinajstić information content (AvgIpc) is 0.761. The lowest BCUT2D eigenvalue weighted by atomic mass is 9.86. The van der Waals surface area contributed by atoms with Crippen LogP contribution in [0.5, 0.6) is 0 Å². The summed E-state index contributed by atoms with van der Waals surface area (Å²) in [5.74, 6) is 50.2. The summed E-state index contributed by atoms with van der Waals surface area (Å²) in [6.45, 7) is 28.4. The number of hydrogen-bond acceptors (Lipinski definition) is 0. The molecule has 0 radical (unpaired) electrons. The van der Waals surface area contributed by atoms with Crippen LogP contribution in [0.1, 0.15) is 414 Å². The molecule has 7 rings (SSSR count). The number of unbranched alkanes of at least 4 members (excludes halogenated alkanes) is 12. The third-order valence-corrected chi connectivity index (χ3v) is 24.0.